The van der Waals surface area contributed by atoms with Crippen LogP contribution in [-0.4, -0.2) is 17.7 Å². The van der Waals surface area contributed by atoms with Crippen molar-refractivity contribution in [2.24, 2.45) is 5.10 Å². The first-order valence-electron chi connectivity index (χ1n) is 10.5. The van der Waals surface area contributed by atoms with Crippen LogP contribution in [0.5, 0.6) is 5.75 Å². The summed E-state index contributed by atoms with van der Waals surface area (Å²) in [6.45, 7) is 2.35. The van der Waals surface area contributed by atoms with Gasteiger partial charge in [-0.05, 0) is 54.3 Å². The van der Waals surface area contributed by atoms with Crippen LogP contribution < -0.4 is 21.0 Å². The van der Waals surface area contributed by atoms with Crippen LogP contribution in [0.2, 0.25) is 5.02 Å². The molecule has 1 aliphatic rings. The van der Waals surface area contributed by atoms with Crippen LogP contribution in [0.15, 0.2) is 84.0 Å². The van der Waals surface area contributed by atoms with Gasteiger partial charge in [0, 0.05) is 11.1 Å². The molecule has 0 saturated carbocycles. The maximum atomic E-state index is 12.6. The van der Waals surface area contributed by atoms with Crippen LogP contribution >= 0.6 is 11.6 Å². The number of rotatable bonds is 7. The molecule has 32 heavy (non-hydrogen) atoms. The lowest BCUT2D eigenvalue weighted by atomic mass is 10.0. The molecule has 0 aliphatic carbocycles. The van der Waals surface area contributed by atoms with E-state index in [-0.39, 0.29) is 11.9 Å². The minimum absolute atomic E-state index is 0.00707. The van der Waals surface area contributed by atoms with E-state index in [2.05, 4.69) is 21.4 Å². The summed E-state index contributed by atoms with van der Waals surface area (Å²) >= 11 is 5.92. The fourth-order valence-electron chi connectivity index (χ4n) is 3.48. The highest BCUT2D eigenvalue weighted by Gasteiger charge is 2.30. The number of carbonyl (C=O) groups is 1. The molecule has 2 atom stereocenters. The Morgan fingerprint density at radius 2 is 1.84 bits per heavy atom. The third kappa shape index (κ3) is 5.73. The van der Waals surface area contributed by atoms with Gasteiger partial charge in [0.2, 0.25) is 0 Å². The first kappa shape index (κ1) is 22.0. The second kappa shape index (κ2) is 10.4. The highest BCUT2D eigenvalue weighted by molar-refractivity contribution is 6.30. The van der Waals surface area contributed by atoms with Crippen molar-refractivity contribution in [2.75, 3.05) is 0 Å². The Labute approximate surface area is 192 Å². The van der Waals surface area contributed by atoms with E-state index in [1.54, 1.807) is 12.1 Å². The van der Waals surface area contributed by atoms with Crippen molar-refractivity contribution in [3.8, 4) is 5.75 Å². The van der Waals surface area contributed by atoms with Gasteiger partial charge in [-0.3, -0.25) is 4.79 Å². The zero-order valence-electron chi connectivity index (χ0n) is 17.7. The Balaban J connectivity index is 1.32. The van der Waals surface area contributed by atoms with Crippen LogP contribution in [0.25, 0.3) is 0 Å². The molecule has 3 N–H and O–H groups in total. The number of hydrazone groups is 1. The Morgan fingerprint density at radius 1 is 1.06 bits per heavy atom. The number of carbonyl (C=O) groups excluding carboxylic acids is 1. The summed E-state index contributed by atoms with van der Waals surface area (Å²) in [4.78, 5) is 12.6. The number of benzene rings is 3. The monoisotopic (exact) mass is 448 g/mol. The quantitative estimate of drug-likeness (QED) is 0.370. The third-order valence-corrected chi connectivity index (χ3v) is 5.58. The normalized spacial score (nSPS) is 18.4. The van der Waals surface area contributed by atoms with Crippen LogP contribution in [0, 0.1) is 0 Å². The minimum Gasteiger partial charge on any atom is -0.489 e. The van der Waals surface area contributed by atoms with Gasteiger partial charge < -0.3 is 4.74 Å². The largest absolute Gasteiger partial charge is 0.489 e. The SMILES string of the molecule is C/C(=N\NC(=O)C1CC(c2cccc(OCc3ccccc3)c2)NN1)c1ccc(Cl)cc1. The Hall–Kier alpha value is -3.19. The van der Waals surface area contributed by atoms with Crippen molar-refractivity contribution in [2.45, 2.75) is 32.0 Å². The predicted octanol–water partition coefficient (Wildman–Crippen LogP) is 4.37. The summed E-state index contributed by atoms with van der Waals surface area (Å²) in [6.07, 6.45) is 0.601. The highest BCUT2D eigenvalue weighted by atomic mass is 35.5. The van der Waals surface area contributed by atoms with E-state index in [1.165, 1.54) is 0 Å². The number of hydrazine groups is 1. The van der Waals surface area contributed by atoms with Crippen LogP contribution in [0.3, 0.4) is 0 Å². The Morgan fingerprint density at radius 3 is 2.62 bits per heavy atom. The smallest absolute Gasteiger partial charge is 0.258 e. The topological polar surface area (TPSA) is 74.8 Å². The predicted molar refractivity (Wildman–Crippen MR) is 126 cm³/mol. The summed E-state index contributed by atoms with van der Waals surface area (Å²) < 4.78 is 5.93. The minimum atomic E-state index is -0.393. The number of ether oxygens (including phenoxy) is 1. The average Bonchev–Trinajstić information content (AvgIpc) is 3.33. The molecule has 4 rings (SSSR count). The Bertz CT molecular complexity index is 1090. The molecule has 1 aliphatic heterocycles. The van der Waals surface area contributed by atoms with E-state index in [4.69, 9.17) is 16.3 Å². The molecule has 1 amide bonds. The van der Waals surface area contributed by atoms with Crippen molar-refractivity contribution < 1.29 is 9.53 Å². The Kier molecular flexibility index (Phi) is 7.17. The summed E-state index contributed by atoms with van der Waals surface area (Å²) in [7, 11) is 0. The van der Waals surface area contributed by atoms with Crippen molar-refractivity contribution in [1.82, 2.24) is 16.3 Å². The van der Waals surface area contributed by atoms with Gasteiger partial charge in [0.1, 0.15) is 18.4 Å². The zero-order valence-corrected chi connectivity index (χ0v) is 18.5. The second-order valence-electron chi connectivity index (χ2n) is 7.66. The van der Waals surface area contributed by atoms with Gasteiger partial charge in [-0.2, -0.15) is 5.10 Å². The van der Waals surface area contributed by atoms with Crippen LogP contribution in [0.4, 0.5) is 0 Å². The standard InChI is InChI=1S/C25H25ClN4O2/c1-17(19-10-12-21(26)13-11-19)27-30-25(31)24-15-23(28-29-24)20-8-5-9-22(14-20)32-16-18-6-3-2-4-7-18/h2-14,23-24,28-29H,15-16H2,1H3,(H,30,31)/b27-17+. The lowest BCUT2D eigenvalue weighted by Gasteiger charge is -2.12. The van der Waals surface area contributed by atoms with Gasteiger partial charge in [-0.15, -0.1) is 0 Å². The average molecular weight is 449 g/mol. The molecule has 1 fully saturated rings. The molecule has 3 aromatic carbocycles. The zero-order chi connectivity index (χ0) is 22.3. The van der Waals surface area contributed by atoms with Gasteiger partial charge >= 0.3 is 0 Å². The van der Waals surface area contributed by atoms with Gasteiger partial charge in [-0.1, -0.05) is 66.2 Å². The number of nitrogens with one attached hydrogen (secondary N) is 3. The number of nitrogens with zero attached hydrogens (tertiary/aromatic N) is 1. The van der Waals surface area contributed by atoms with Gasteiger partial charge in [-0.25, -0.2) is 16.3 Å². The van der Waals surface area contributed by atoms with E-state index >= 15 is 0 Å². The second-order valence-corrected chi connectivity index (χ2v) is 8.09. The van der Waals surface area contributed by atoms with E-state index in [0.29, 0.717) is 23.8 Å². The molecule has 0 radical (unpaired) electrons. The molecular weight excluding hydrogens is 424 g/mol. The maximum absolute atomic E-state index is 12.6. The number of amides is 1. The van der Waals surface area contributed by atoms with E-state index in [1.807, 2.05) is 73.7 Å². The van der Waals surface area contributed by atoms with Crippen LogP contribution in [0.1, 0.15) is 36.1 Å². The highest BCUT2D eigenvalue weighted by Crippen LogP contribution is 2.26. The van der Waals surface area contributed by atoms with Gasteiger partial charge in [0.25, 0.3) is 5.91 Å². The molecule has 1 heterocycles. The van der Waals surface area contributed by atoms with E-state index < -0.39 is 6.04 Å². The molecule has 0 spiro atoms. The molecule has 7 heteroatoms. The summed E-state index contributed by atoms with van der Waals surface area (Å²) in [5.41, 5.74) is 12.7. The first-order valence-corrected chi connectivity index (χ1v) is 10.8. The molecule has 2 unspecified atom stereocenters. The van der Waals surface area contributed by atoms with E-state index in [9.17, 15) is 4.79 Å². The number of hydrogen-bond acceptors (Lipinski definition) is 5. The summed E-state index contributed by atoms with van der Waals surface area (Å²) in [6, 6.07) is 24.9. The molecule has 0 bridgehead atoms. The van der Waals surface area contributed by atoms with Gasteiger partial charge in [0.15, 0.2) is 0 Å². The summed E-state index contributed by atoms with van der Waals surface area (Å²) in [5, 5.41) is 4.88. The fraction of sp³-hybridized carbons (Fsp3) is 0.200. The first-order chi connectivity index (χ1) is 15.6. The number of hydrogen-bond donors (Lipinski definition) is 3. The molecule has 164 valence electrons. The fourth-order valence-corrected chi connectivity index (χ4v) is 3.61. The van der Waals surface area contributed by atoms with Crippen LogP contribution in [-0.2, 0) is 11.4 Å². The van der Waals surface area contributed by atoms with Gasteiger partial charge in [0.05, 0.1) is 5.71 Å². The van der Waals surface area contributed by atoms with Crippen molar-refractivity contribution >= 4 is 23.2 Å². The lowest BCUT2D eigenvalue weighted by Crippen LogP contribution is -2.41. The molecule has 1 saturated heterocycles. The number of halogens is 1. The lowest BCUT2D eigenvalue weighted by molar-refractivity contribution is -0.122. The molecule has 6 nitrogen and oxygen atoms in total. The van der Waals surface area contributed by atoms with Crippen molar-refractivity contribution in [3.05, 3.63) is 101 Å². The third-order valence-electron chi connectivity index (χ3n) is 5.32. The maximum Gasteiger partial charge on any atom is 0.258 e. The molecular formula is C25H25ClN4O2. The van der Waals surface area contributed by atoms with Crippen molar-refractivity contribution in [3.63, 3.8) is 0 Å². The molecule has 3 aromatic rings. The van der Waals surface area contributed by atoms with E-state index in [0.717, 1.165) is 22.4 Å². The summed E-state index contributed by atoms with van der Waals surface area (Å²) in [5.74, 6) is 0.606. The molecule has 0 aromatic heterocycles. The van der Waals surface area contributed by atoms with Crippen molar-refractivity contribution in [1.29, 1.82) is 0 Å².